The van der Waals surface area contributed by atoms with Gasteiger partial charge in [0.1, 0.15) is 0 Å². The van der Waals surface area contributed by atoms with Gasteiger partial charge < -0.3 is 0 Å². The van der Waals surface area contributed by atoms with Crippen LogP contribution in [0.15, 0.2) is 212 Å². The number of hydrogen-bond donors (Lipinski definition) is 0. The van der Waals surface area contributed by atoms with E-state index < -0.39 is 30.2 Å². The van der Waals surface area contributed by atoms with Crippen LogP contribution in [0.1, 0.15) is 32.2 Å². The third kappa shape index (κ3) is 5.11. The first kappa shape index (κ1) is 27.2. The molecule has 3 aliphatic rings. The Bertz CT molecular complexity index is 3940. The minimum absolute atomic E-state index is 0.0644. The Morgan fingerprint density at radius 2 is 1.07 bits per heavy atom. The Hall–Kier alpha value is -7.54. The van der Waals surface area contributed by atoms with Crippen LogP contribution in [0, 0.1) is 5.92 Å². The van der Waals surface area contributed by atoms with E-state index in [9.17, 15) is 1.37 Å². The molecule has 2 atom stereocenters. The molecule has 10 aromatic carbocycles. The maximum atomic E-state index is 9.37. The number of fused-ring (bicyclic) bond motifs is 1. The van der Waals surface area contributed by atoms with E-state index >= 15 is 0 Å². The van der Waals surface area contributed by atoms with Crippen LogP contribution in [-0.2, 0) is 0 Å². The van der Waals surface area contributed by atoms with Gasteiger partial charge in [-0.15, -0.1) is 0 Å². The zero-order valence-electron chi connectivity index (χ0n) is 39.4. The lowest BCUT2D eigenvalue weighted by molar-refractivity contribution is 0.665. The highest BCUT2D eigenvalue weighted by Gasteiger charge is 2.33. The minimum Gasteiger partial charge on any atom is -0.0767 e. The van der Waals surface area contributed by atoms with E-state index in [4.69, 9.17) is 8.22 Å². The van der Waals surface area contributed by atoms with Gasteiger partial charge in [-0.25, -0.2) is 0 Å². The van der Waals surface area contributed by atoms with Crippen molar-refractivity contribution in [2.45, 2.75) is 5.92 Å². The molecule has 0 amide bonds. The van der Waals surface area contributed by atoms with Crippen molar-refractivity contribution in [1.29, 1.82) is 0 Å². The SMILES string of the molecule is [2H]c1c([2H])c([2H])c2c(-c3cc(-c4cccc(-c5ccc6c7c5C=CC5=CC=CC(C=C6)C57)c4)cc(-c4cccc(-c5ccc6ccc7cccc8ccc5c6c78)c4)c3)c([2H])c([2H])c([2H])c2c1[2H]. The molecule has 0 spiro atoms. The van der Waals surface area contributed by atoms with Gasteiger partial charge in [-0.2, -0.15) is 0 Å². The van der Waals surface area contributed by atoms with E-state index in [2.05, 4.69) is 164 Å². The van der Waals surface area contributed by atoms with Crippen molar-refractivity contribution in [3.05, 3.63) is 228 Å². The highest BCUT2D eigenvalue weighted by Crippen LogP contribution is 2.50. The maximum absolute atomic E-state index is 9.37. The summed E-state index contributed by atoms with van der Waals surface area (Å²) < 4.78 is 62.3. The van der Waals surface area contributed by atoms with Crippen molar-refractivity contribution in [1.82, 2.24) is 0 Å². The van der Waals surface area contributed by atoms with E-state index in [0.29, 0.717) is 11.5 Å². The van der Waals surface area contributed by atoms with Crippen LogP contribution < -0.4 is 0 Å². The minimum atomic E-state index is -0.473. The van der Waals surface area contributed by atoms with Gasteiger partial charge in [0, 0.05) is 11.8 Å². The molecule has 0 N–H and O–H groups in total. The Morgan fingerprint density at radius 3 is 1.90 bits per heavy atom. The summed E-state index contributed by atoms with van der Waals surface area (Å²) in [5.41, 5.74) is 13.7. The second kappa shape index (κ2) is 13.0. The van der Waals surface area contributed by atoms with Crippen LogP contribution in [0.4, 0.5) is 0 Å². The Kier molecular flexibility index (Phi) is 5.89. The predicted octanol–water partition coefficient (Wildman–Crippen LogP) is 16.3. The summed E-state index contributed by atoms with van der Waals surface area (Å²) in [7, 11) is 0. The third-order valence-corrected chi connectivity index (χ3v) is 13.0. The van der Waals surface area contributed by atoms with Gasteiger partial charge in [-0.05, 0) is 151 Å². The molecule has 0 heterocycles. The van der Waals surface area contributed by atoms with Crippen LogP contribution in [-0.4, -0.2) is 0 Å². The summed E-state index contributed by atoms with van der Waals surface area (Å²) in [6, 6.07) is 44.4. The first-order valence-corrected chi connectivity index (χ1v) is 20.6. The molecule has 10 aromatic rings. The molecule has 2 unspecified atom stereocenters. The topological polar surface area (TPSA) is 0 Å². The lowest BCUT2D eigenvalue weighted by Gasteiger charge is -2.35. The molecule has 0 bridgehead atoms. The average Bonchev–Trinajstić information content (AvgIpc) is 3.37. The lowest BCUT2D eigenvalue weighted by Crippen LogP contribution is -2.20. The van der Waals surface area contributed by atoms with Crippen LogP contribution in [0.3, 0.4) is 0 Å². The van der Waals surface area contributed by atoms with Crippen molar-refractivity contribution < 1.29 is 9.60 Å². The smallest absolute Gasteiger partial charge is 0.0629 e. The van der Waals surface area contributed by atoms with Crippen LogP contribution in [0.5, 0.6) is 0 Å². The first-order chi connectivity index (χ1) is 32.6. The number of benzene rings is 10. The lowest BCUT2D eigenvalue weighted by atomic mass is 9.68. The molecule has 0 saturated carbocycles. The normalized spacial score (nSPS) is 17.9. The van der Waals surface area contributed by atoms with E-state index in [1.165, 1.54) is 49.2 Å². The first-order valence-electron chi connectivity index (χ1n) is 24.1. The van der Waals surface area contributed by atoms with Gasteiger partial charge in [-0.3, -0.25) is 0 Å². The summed E-state index contributed by atoms with van der Waals surface area (Å²) >= 11 is 0. The predicted molar refractivity (Wildman–Crippen MR) is 256 cm³/mol. The molecule has 60 heavy (non-hydrogen) atoms. The van der Waals surface area contributed by atoms with Gasteiger partial charge in [0.2, 0.25) is 0 Å². The van der Waals surface area contributed by atoms with E-state index in [-0.39, 0.29) is 34.3 Å². The Morgan fingerprint density at radius 1 is 0.417 bits per heavy atom. The van der Waals surface area contributed by atoms with Crippen LogP contribution >= 0.6 is 0 Å². The maximum Gasteiger partial charge on any atom is 0.0629 e. The van der Waals surface area contributed by atoms with Crippen molar-refractivity contribution in [2.24, 2.45) is 5.92 Å². The second-order valence-electron chi connectivity index (χ2n) is 16.3. The Balaban J connectivity index is 1.03. The monoisotopic (exact) mass is 765 g/mol. The number of allylic oxidation sites excluding steroid dienone is 6. The summed E-state index contributed by atoms with van der Waals surface area (Å²) in [5.74, 6) is 0.587. The van der Waals surface area contributed by atoms with Crippen molar-refractivity contribution in [3.8, 4) is 55.6 Å². The summed E-state index contributed by atoms with van der Waals surface area (Å²) in [5, 5.41) is 7.25. The molecule has 0 heteroatoms. The fourth-order valence-corrected chi connectivity index (χ4v) is 10.3. The molecular weight excluding hydrogens is 721 g/mol. The standard InChI is InChI=1S/C60H38/c1-2-18-51-37(8-1)9-7-19-52(51)50-35-48(44-14-5-16-46(32-44)53-28-24-42-22-20-38-10-3-12-40-26-30-55(53)59(42)57(38)40)34-49(36-50)45-15-6-17-47(33-45)54-29-25-43-23-21-39-11-4-13-41-27-31-56(54)60(43)58(39)41/h1-36,38,57H/i1D,2D,7D,8D,9D,18D,19D. The van der Waals surface area contributed by atoms with Crippen molar-refractivity contribution >= 4 is 55.2 Å². The van der Waals surface area contributed by atoms with Crippen molar-refractivity contribution in [2.75, 3.05) is 0 Å². The van der Waals surface area contributed by atoms with Gasteiger partial charge in [0.05, 0.1) is 9.60 Å². The fraction of sp³-hybridized carbons (Fsp3) is 0.0333. The van der Waals surface area contributed by atoms with Crippen molar-refractivity contribution in [3.63, 3.8) is 0 Å². The quantitative estimate of drug-likeness (QED) is 0.153. The molecule has 0 nitrogen and oxygen atoms in total. The molecule has 0 aromatic heterocycles. The second-order valence-corrected chi connectivity index (χ2v) is 16.3. The van der Waals surface area contributed by atoms with Gasteiger partial charge >= 0.3 is 0 Å². The fourth-order valence-electron chi connectivity index (χ4n) is 10.3. The number of hydrogen-bond acceptors (Lipinski definition) is 0. The Labute approximate surface area is 359 Å². The highest BCUT2D eigenvalue weighted by molar-refractivity contribution is 6.25. The molecule has 0 aliphatic heterocycles. The van der Waals surface area contributed by atoms with E-state index in [1.807, 2.05) is 12.1 Å². The summed E-state index contributed by atoms with van der Waals surface area (Å²) in [4.78, 5) is 0. The molecule has 13 rings (SSSR count). The molecule has 278 valence electrons. The van der Waals surface area contributed by atoms with E-state index in [1.54, 1.807) is 0 Å². The molecular formula is C60H38. The van der Waals surface area contributed by atoms with Gasteiger partial charge in [0.25, 0.3) is 0 Å². The average molecular weight is 766 g/mol. The highest BCUT2D eigenvalue weighted by atomic mass is 14.4. The van der Waals surface area contributed by atoms with Gasteiger partial charge in [-0.1, -0.05) is 188 Å². The molecule has 3 aliphatic carbocycles. The third-order valence-electron chi connectivity index (χ3n) is 13.0. The number of rotatable bonds is 5. The largest absolute Gasteiger partial charge is 0.0767 e. The zero-order chi connectivity index (χ0) is 45.4. The zero-order valence-corrected chi connectivity index (χ0v) is 32.4. The van der Waals surface area contributed by atoms with Crippen LogP contribution in [0.25, 0.3) is 111 Å². The van der Waals surface area contributed by atoms with E-state index in [0.717, 1.165) is 49.9 Å². The molecule has 0 fully saturated rings. The van der Waals surface area contributed by atoms with Gasteiger partial charge in [0.15, 0.2) is 0 Å². The summed E-state index contributed by atoms with van der Waals surface area (Å²) in [6.07, 6.45) is 15.7. The summed E-state index contributed by atoms with van der Waals surface area (Å²) in [6.45, 7) is 0. The molecule has 0 saturated heterocycles. The van der Waals surface area contributed by atoms with Crippen LogP contribution in [0.2, 0.25) is 0 Å². The molecule has 0 radical (unpaired) electrons.